The number of hydrogen-bond donors (Lipinski definition) is 0. The Morgan fingerprint density at radius 2 is 1.71 bits per heavy atom. The first-order valence-corrected chi connectivity index (χ1v) is 11.5. The van der Waals surface area contributed by atoms with E-state index in [9.17, 15) is 9.59 Å². The Balaban J connectivity index is 1.42. The average molecular weight is 459 g/mol. The molecule has 1 saturated heterocycles. The van der Waals surface area contributed by atoms with Gasteiger partial charge in [0.1, 0.15) is 5.58 Å². The Hall–Kier alpha value is -3.94. The summed E-state index contributed by atoms with van der Waals surface area (Å²) in [4.78, 5) is 39.2. The number of carbonyl (C=O) groups is 2. The van der Waals surface area contributed by atoms with Crippen LogP contribution in [0.25, 0.3) is 22.0 Å². The third kappa shape index (κ3) is 3.96. The predicted molar refractivity (Wildman–Crippen MR) is 129 cm³/mol. The van der Waals surface area contributed by atoms with Gasteiger partial charge >= 0.3 is 5.97 Å². The molecule has 174 valence electrons. The molecule has 0 unspecified atom stereocenters. The quantitative estimate of drug-likeness (QED) is 0.423. The maximum absolute atomic E-state index is 13.3. The molecule has 0 atom stereocenters. The number of aromatic nitrogens is 2. The second-order valence-corrected chi connectivity index (χ2v) is 8.29. The highest BCUT2D eigenvalue weighted by Crippen LogP contribution is 2.27. The Morgan fingerprint density at radius 1 is 0.971 bits per heavy atom. The van der Waals surface area contributed by atoms with Crippen LogP contribution < -0.4 is 4.90 Å². The lowest BCUT2D eigenvalue weighted by atomic mass is 10.1. The SMILES string of the molecule is CCOC(=O)c1nc2ccccc2nc1N1CCCN(C(=O)c2oc3ccccc3c2C)CC1. The summed E-state index contributed by atoms with van der Waals surface area (Å²) in [5, 5.41) is 0.952. The van der Waals surface area contributed by atoms with Crippen LogP contribution in [0.2, 0.25) is 0 Å². The van der Waals surface area contributed by atoms with Gasteiger partial charge in [-0.1, -0.05) is 30.3 Å². The number of anilines is 1. The van der Waals surface area contributed by atoms with E-state index in [1.165, 1.54) is 0 Å². The number of rotatable bonds is 4. The van der Waals surface area contributed by atoms with Gasteiger partial charge in [-0.15, -0.1) is 0 Å². The number of fused-ring (bicyclic) bond motifs is 2. The van der Waals surface area contributed by atoms with E-state index in [0.29, 0.717) is 54.4 Å². The summed E-state index contributed by atoms with van der Waals surface area (Å²) >= 11 is 0. The standard InChI is InChI=1S/C26H26N4O4/c1-3-33-26(32)22-24(28-20-11-6-5-10-19(20)27-22)29-13-8-14-30(16-15-29)25(31)23-17(2)18-9-4-7-12-21(18)34-23/h4-7,9-12H,3,8,13-16H2,1-2H3. The highest BCUT2D eigenvalue weighted by molar-refractivity contribution is 5.99. The molecule has 0 aliphatic carbocycles. The van der Waals surface area contributed by atoms with Crippen LogP contribution in [0.1, 0.15) is 40.0 Å². The Morgan fingerprint density at radius 3 is 2.47 bits per heavy atom. The van der Waals surface area contributed by atoms with Crippen LogP contribution in [-0.2, 0) is 4.74 Å². The van der Waals surface area contributed by atoms with E-state index in [0.717, 1.165) is 17.4 Å². The molecule has 1 amide bonds. The molecule has 0 bridgehead atoms. The Kier molecular flexibility index (Phi) is 5.88. The summed E-state index contributed by atoms with van der Waals surface area (Å²) in [6, 6.07) is 15.1. The van der Waals surface area contributed by atoms with Crippen molar-refractivity contribution in [3.05, 3.63) is 65.5 Å². The maximum Gasteiger partial charge on any atom is 0.360 e. The highest BCUT2D eigenvalue weighted by Gasteiger charge is 2.28. The third-order valence-electron chi connectivity index (χ3n) is 6.14. The molecule has 0 radical (unpaired) electrons. The molecule has 2 aromatic heterocycles. The zero-order valence-electron chi connectivity index (χ0n) is 19.3. The number of esters is 1. The van der Waals surface area contributed by atoms with Crippen molar-refractivity contribution in [1.29, 1.82) is 0 Å². The van der Waals surface area contributed by atoms with Gasteiger partial charge in [-0.3, -0.25) is 4.79 Å². The molecule has 1 fully saturated rings. The molecule has 5 rings (SSSR count). The molecule has 34 heavy (non-hydrogen) atoms. The normalized spacial score (nSPS) is 14.4. The summed E-state index contributed by atoms with van der Waals surface area (Å²) in [6.07, 6.45) is 0.724. The summed E-state index contributed by atoms with van der Waals surface area (Å²) in [5.74, 6) is 0.260. The second kappa shape index (κ2) is 9.13. The van der Waals surface area contributed by atoms with Gasteiger partial charge in [0.05, 0.1) is 17.6 Å². The van der Waals surface area contributed by atoms with Crippen molar-refractivity contribution in [3.63, 3.8) is 0 Å². The Bertz CT molecular complexity index is 1380. The van der Waals surface area contributed by atoms with Crippen LogP contribution in [0.3, 0.4) is 0 Å². The van der Waals surface area contributed by atoms with Crippen LogP contribution >= 0.6 is 0 Å². The number of para-hydroxylation sites is 3. The van der Waals surface area contributed by atoms with Crippen LogP contribution in [0.4, 0.5) is 5.82 Å². The minimum atomic E-state index is -0.495. The lowest BCUT2D eigenvalue weighted by Crippen LogP contribution is -2.36. The van der Waals surface area contributed by atoms with Crippen LogP contribution in [0, 0.1) is 6.92 Å². The van der Waals surface area contributed by atoms with Gasteiger partial charge in [0.25, 0.3) is 5.91 Å². The molecule has 0 N–H and O–H groups in total. The fourth-order valence-electron chi connectivity index (χ4n) is 4.40. The highest BCUT2D eigenvalue weighted by atomic mass is 16.5. The number of benzene rings is 2. The minimum Gasteiger partial charge on any atom is -0.461 e. The lowest BCUT2D eigenvalue weighted by Gasteiger charge is -2.24. The van der Waals surface area contributed by atoms with E-state index < -0.39 is 5.97 Å². The van der Waals surface area contributed by atoms with E-state index in [1.807, 2.05) is 65.3 Å². The van der Waals surface area contributed by atoms with Crippen molar-refractivity contribution < 1.29 is 18.7 Å². The first-order valence-electron chi connectivity index (χ1n) is 11.5. The number of nitrogens with zero attached hydrogens (tertiary/aromatic N) is 4. The number of amides is 1. The number of ether oxygens (including phenoxy) is 1. The third-order valence-corrected chi connectivity index (χ3v) is 6.14. The fraction of sp³-hybridized carbons (Fsp3) is 0.308. The molecular weight excluding hydrogens is 432 g/mol. The summed E-state index contributed by atoms with van der Waals surface area (Å²) < 4.78 is 11.2. The maximum atomic E-state index is 13.3. The van der Waals surface area contributed by atoms with Crippen molar-refractivity contribution in [2.75, 3.05) is 37.7 Å². The summed E-state index contributed by atoms with van der Waals surface area (Å²) in [5.41, 5.74) is 3.12. The van der Waals surface area contributed by atoms with Crippen LogP contribution in [0.15, 0.2) is 52.9 Å². The smallest absolute Gasteiger partial charge is 0.360 e. The van der Waals surface area contributed by atoms with Gasteiger partial charge in [0, 0.05) is 37.1 Å². The van der Waals surface area contributed by atoms with E-state index in [-0.39, 0.29) is 18.2 Å². The Labute approximate surface area is 197 Å². The number of hydrogen-bond acceptors (Lipinski definition) is 7. The molecule has 8 nitrogen and oxygen atoms in total. The molecule has 2 aromatic carbocycles. The van der Waals surface area contributed by atoms with Crippen molar-refractivity contribution in [2.24, 2.45) is 0 Å². The molecule has 3 heterocycles. The largest absolute Gasteiger partial charge is 0.461 e. The molecular formula is C26H26N4O4. The first-order chi connectivity index (χ1) is 16.6. The number of furan rings is 1. The number of aryl methyl sites for hydroxylation is 1. The zero-order chi connectivity index (χ0) is 23.7. The zero-order valence-corrected chi connectivity index (χ0v) is 19.3. The van der Waals surface area contributed by atoms with Gasteiger partial charge < -0.3 is 19.0 Å². The van der Waals surface area contributed by atoms with E-state index in [1.54, 1.807) is 6.92 Å². The topological polar surface area (TPSA) is 88.8 Å². The second-order valence-electron chi connectivity index (χ2n) is 8.29. The van der Waals surface area contributed by atoms with Gasteiger partial charge in [-0.2, -0.15) is 0 Å². The molecule has 0 spiro atoms. The minimum absolute atomic E-state index is 0.120. The molecule has 1 aliphatic rings. The lowest BCUT2D eigenvalue weighted by molar-refractivity contribution is 0.0520. The van der Waals surface area contributed by atoms with Gasteiger partial charge in [-0.25, -0.2) is 14.8 Å². The molecule has 1 aliphatic heterocycles. The van der Waals surface area contributed by atoms with Crippen molar-refractivity contribution in [3.8, 4) is 0 Å². The van der Waals surface area contributed by atoms with Crippen LogP contribution in [0.5, 0.6) is 0 Å². The molecule has 8 heteroatoms. The fourth-order valence-corrected chi connectivity index (χ4v) is 4.40. The van der Waals surface area contributed by atoms with Crippen molar-refractivity contribution in [1.82, 2.24) is 14.9 Å². The van der Waals surface area contributed by atoms with E-state index in [2.05, 4.69) is 4.98 Å². The molecule has 0 saturated carbocycles. The predicted octanol–water partition coefficient (Wildman–Crippen LogP) is 4.21. The van der Waals surface area contributed by atoms with E-state index >= 15 is 0 Å². The summed E-state index contributed by atoms with van der Waals surface area (Å²) in [6.45, 7) is 6.16. The summed E-state index contributed by atoms with van der Waals surface area (Å²) in [7, 11) is 0. The average Bonchev–Trinajstić information content (AvgIpc) is 3.03. The monoisotopic (exact) mass is 458 g/mol. The van der Waals surface area contributed by atoms with Gasteiger partial charge in [0.15, 0.2) is 17.3 Å². The van der Waals surface area contributed by atoms with Crippen molar-refractivity contribution in [2.45, 2.75) is 20.3 Å². The van der Waals surface area contributed by atoms with E-state index in [4.69, 9.17) is 14.1 Å². The van der Waals surface area contributed by atoms with Crippen LogP contribution in [-0.4, -0.2) is 59.5 Å². The first kappa shape index (κ1) is 21.9. The molecule has 4 aromatic rings. The number of carbonyl (C=O) groups excluding carboxylic acids is 2. The van der Waals surface area contributed by atoms with Gasteiger partial charge in [0.2, 0.25) is 0 Å². The van der Waals surface area contributed by atoms with Crippen molar-refractivity contribution >= 4 is 39.7 Å². The van der Waals surface area contributed by atoms with Gasteiger partial charge in [-0.05, 0) is 38.5 Å².